The molecule has 2 N–H and O–H groups in total. The van der Waals surface area contributed by atoms with Crippen molar-refractivity contribution in [3.63, 3.8) is 0 Å². The summed E-state index contributed by atoms with van der Waals surface area (Å²) in [7, 11) is 1.77. The number of aromatic nitrogens is 3. The van der Waals surface area contributed by atoms with E-state index in [9.17, 15) is 14.7 Å². The van der Waals surface area contributed by atoms with Gasteiger partial charge in [-0.3, -0.25) is 4.79 Å². The van der Waals surface area contributed by atoms with Gasteiger partial charge in [0.05, 0.1) is 5.52 Å². The van der Waals surface area contributed by atoms with Gasteiger partial charge in [-0.25, -0.2) is 9.48 Å². The van der Waals surface area contributed by atoms with Gasteiger partial charge in [0, 0.05) is 12.6 Å². The molecule has 0 radical (unpaired) electrons. The van der Waals surface area contributed by atoms with Crippen LogP contribution in [0.3, 0.4) is 0 Å². The monoisotopic (exact) mass is 274 g/mol. The first kappa shape index (κ1) is 12.6. The van der Waals surface area contributed by atoms with Crippen molar-refractivity contribution >= 4 is 22.9 Å². The fourth-order valence-electron chi connectivity index (χ4n) is 2.39. The summed E-state index contributed by atoms with van der Waals surface area (Å²) in [6, 6.07) is 5.01. The highest BCUT2D eigenvalue weighted by Crippen LogP contribution is 2.32. The number of nitrogens with one attached hydrogen (secondary N) is 1. The molecule has 3 rings (SSSR count). The lowest BCUT2D eigenvalue weighted by molar-refractivity contribution is -0.148. The molecule has 1 fully saturated rings. The average Bonchev–Trinajstić information content (AvgIpc) is 2.74. The molecule has 1 aliphatic rings. The minimum absolute atomic E-state index is 0.389. The number of carboxylic acids is 1. The maximum atomic E-state index is 12.2. The molecule has 7 nitrogen and oxygen atoms in total. The zero-order valence-corrected chi connectivity index (χ0v) is 11.0. The van der Waals surface area contributed by atoms with E-state index < -0.39 is 11.5 Å². The maximum Gasteiger partial charge on any atom is 0.329 e. The van der Waals surface area contributed by atoms with Crippen LogP contribution in [0.25, 0.3) is 11.0 Å². The van der Waals surface area contributed by atoms with Crippen LogP contribution in [0, 0.1) is 0 Å². The number of carbonyl (C=O) groups is 2. The van der Waals surface area contributed by atoms with Gasteiger partial charge in [-0.1, -0.05) is 5.21 Å². The summed E-state index contributed by atoms with van der Waals surface area (Å²) in [6.45, 7) is 0. The van der Waals surface area contributed by atoms with Crippen LogP contribution in [0.4, 0.5) is 0 Å². The molecule has 1 aliphatic carbocycles. The molecule has 20 heavy (non-hydrogen) atoms. The zero-order valence-electron chi connectivity index (χ0n) is 11.0. The van der Waals surface area contributed by atoms with E-state index in [-0.39, 0.29) is 5.91 Å². The van der Waals surface area contributed by atoms with Gasteiger partial charge in [0.2, 0.25) is 0 Å². The molecule has 0 atom stereocenters. The van der Waals surface area contributed by atoms with Gasteiger partial charge in [-0.2, -0.15) is 0 Å². The second-order valence-electron chi connectivity index (χ2n) is 5.11. The van der Waals surface area contributed by atoms with Crippen molar-refractivity contribution in [1.82, 2.24) is 20.3 Å². The molecule has 1 amide bonds. The number of benzene rings is 1. The van der Waals surface area contributed by atoms with Crippen molar-refractivity contribution in [2.75, 3.05) is 0 Å². The fraction of sp³-hybridized carbons (Fsp3) is 0.385. The van der Waals surface area contributed by atoms with Crippen molar-refractivity contribution in [3.05, 3.63) is 23.8 Å². The van der Waals surface area contributed by atoms with E-state index in [2.05, 4.69) is 15.6 Å². The number of rotatable bonds is 3. The quantitative estimate of drug-likeness (QED) is 0.859. The molecule has 1 heterocycles. The highest BCUT2D eigenvalue weighted by atomic mass is 16.4. The number of hydrogen-bond donors (Lipinski definition) is 2. The normalized spacial score (nSPS) is 16.6. The van der Waals surface area contributed by atoms with E-state index >= 15 is 0 Å². The third-order valence-corrected chi connectivity index (χ3v) is 3.84. The van der Waals surface area contributed by atoms with Crippen LogP contribution < -0.4 is 5.32 Å². The molecule has 0 bridgehead atoms. The standard InChI is InChI=1S/C13H14N4O3/c1-17-10-4-3-8(7-9(10)15-16-17)11(18)14-13(12(19)20)5-2-6-13/h3-4,7H,2,5-6H2,1H3,(H,14,18)(H,19,20). The number of hydrogen-bond acceptors (Lipinski definition) is 4. The summed E-state index contributed by atoms with van der Waals surface area (Å²) in [5, 5.41) is 19.6. The van der Waals surface area contributed by atoms with Gasteiger partial charge in [0.1, 0.15) is 11.1 Å². The predicted molar refractivity (Wildman–Crippen MR) is 70.2 cm³/mol. The van der Waals surface area contributed by atoms with Gasteiger partial charge < -0.3 is 10.4 Å². The first-order valence-electron chi connectivity index (χ1n) is 6.37. The second kappa shape index (κ2) is 4.29. The molecule has 0 spiro atoms. The van der Waals surface area contributed by atoms with Crippen molar-refractivity contribution in [2.24, 2.45) is 7.05 Å². The van der Waals surface area contributed by atoms with Crippen LogP contribution in [0.2, 0.25) is 0 Å². The lowest BCUT2D eigenvalue weighted by atomic mass is 9.76. The Labute approximate surface area is 114 Å². The lowest BCUT2D eigenvalue weighted by Gasteiger charge is -2.38. The van der Waals surface area contributed by atoms with Crippen LogP contribution in [0.1, 0.15) is 29.6 Å². The molecule has 2 aromatic rings. The molecule has 1 saturated carbocycles. The van der Waals surface area contributed by atoms with Gasteiger partial charge in [0.15, 0.2) is 0 Å². The number of carboxylic acid groups (broad SMARTS) is 1. The van der Waals surface area contributed by atoms with Crippen molar-refractivity contribution < 1.29 is 14.7 Å². The Bertz CT molecular complexity index is 703. The van der Waals surface area contributed by atoms with Crippen LogP contribution in [-0.4, -0.2) is 37.5 Å². The van der Waals surface area contributed by atoms with Gasteiger partial charge in [-0.05, 0) is 37.5 Å². The topological polar surface area (TPSA) is 97.1 Å². The van der Waals surface area contributed by atoms with Gasteiger partial charge in [-0.15, -0.1) is 5.10 Å². The first-order chi connectivity index (χ1) is 9.52. The molecule has 1 aromatic heterocycles. The minimum atomic E-state index is -1.10. The maximum absolute atomic E-state index is 12.2. The Morgan fingerprint density at radius 2 is 2.15 bits per heavy atom. The second-order valence-corrected chi connectivity index (χ2v) is 5.11. The van der Waals surface area contributed by atoms with Crippen molar-refractivity contribution in [2.45, 2.75) is 24.8 Å². The number of nitrogens with zero attached hydrogens (tertiary/aromatic N) is 3. The minimum Gasteiger partial charge on any atom is -0.480 e. The Morgan fingerprint density at radius 3 is 2.75 bits per heavy atom. The SMILES string of the molecule is Cn1nnc2cc(C(=O)NC3(C(=O)O)CCC3)ccc21. The summed E-state index contributed by atoms with van der Waals surface area (Å²) in [5.41, 5.74) is 0.718. The third kappa shape index (κ3) is 1.82. The Morgan fingerprint density at radius 1 is 1.40 bits per heavy atom. The van der Waals surface area contributed by atoms with E-state index in [4.69, 9.17) is 0 Å². The Balaban J connectivity index is 1.87. The summed E-state index contributed by atoms with van der Waals surface area (Å²) in [4.78, 5) is 23.4. The summed E-state index contributed by atoms with van der Waals surface area (Å²) < 4.78 is 1.61. The molecule has 1 aromatic carbocycles. The summed E-state index contributed by atoms with van der Waals surface area (Å²) in [5.74, 6) is -1.36. The number of amides is 1. The molecule has 0 aliphatic heterocycles. The van der Waals surface area contributed by atoms with E-state index in [0.717, 1.165) is 11.9 Å². The molecule has 104 valence electrons. The molecule has 0 saturated heterocycles. The van der Waals surface area contributed by atoms with Crippen LogP contribution >= 0.6 is 0 Å². The molecule has 0 unspecified atom stereocenters. The van der Waals surface area contributed by atoms with Crippen LogP contribution in [-0.2, 0) is 11.8 Å². The summed E-state index contributed by atoms with van der Waals surface area (Å²) >= 11 is 0. The number of aryl methyl sites for hydroxylation is 1. The summed E-state index contributed by atoms with van der Waals surface area (Å²) in [6.07, 6.45) is 1.76. The molecular formula is C13H14N4O3. The highest BCUT2D eigenvalue weighted by Gasteiger charge is 2.45. The van der Waals surface area contributed by atoms with Crippen LogP contribution in [0.5, 0.6) is 0 Å². The van der Waals surface area contributed by atoms with E-state index in [0.29, 0.717) is 23.9 Å². The predicted octanol–water partition coefficient (Wildman–Crippen LogP) is 0.705. The van der Waals surface area contributed by atoms with E-state index in [1.807, 2.05) is 0 Å². The first-order valence-corrected chi connectivity index (χ1v) is 6.37. The van der Waals surface area contributed by atoms with Gasteiger partial charge in [0.25, 0.3) is 5.91 Å². The number of fused-ring (bicyclic) bond motifs is 1. The number of carbonyl (C=O) groups excluding carboxylic acids is 1. The Hall–Kier alpha value is -2.44. The average molecular weight is 274 g/mol. The highest BCUT2D eigenvalue weighted by molar-refractivity contribution is 6.00. The molecular weight excluding hydrogens is 260 g/mol. The third-order valence-electron chi connectivity index (χ3n) is 3.84. The van der Waals surface area contributed by atoms with Gasteiger partial charge >= 0.3 is 5.97 Å². The zero-order chi connectivity index (χ0) is 14.3. The van der Waals surface area contributed by atoms with Crippen molar-refractivity contribution in [1.29, 1.82) is 0 Å². The van der Waals surface area contributed by atoms with Crippen molar-refractivity contribution in [3.8, 4) is 0 Å². The van der Waals surface area contributed by atoms with Crippen LogP contribution in [0.15, 0.2) is 18.2 Å². The lowest BCUT2D eigenvalue weighted by Crippen LogP contribution is -2.59. The Kier molecular flexibility index (Phi) is 2.70. The molecule has 7 heteroatoms. The van der Waals surface area contributed by atoms with E-state index in [1.165, 1.54) is 0 Å². The largest absolute Gasteiger partial charge is 0.480 e. The number of aliphatic carboxylic acids is 1. The smallest absolute Gasteiger partial charge is 0.329 e. The van der Waals surface area contributed by atoms with E-state index in [1.54, 1.807) is 29.9 Å². The fourth-order valence-corrected chi connectivity index (χ4v) is 2.39.